The minimum absolute atomic E-state index is 0.0283. The lowest BCUT2D eigenvalue weighted by Gasteiger charge is -2.44. The summed E-state index contributed by atoms with van der Waals surface area (Å²) >= 11 is 1.65. The normalized spacial score (nSPS) is 27.4. The number of amides is 3. The molecule has 3 fully saturated rings. The van der Waals surface area contributed by atoms with Crippen LogP contribution in [0.4, 0.5) is 5.69 Å². The summed E-state index contributed by atoms with van der Waals surface area (Å²) in [5.74, 6) is -1.01. The van der Waals surface area contributed by atoms with Crippen LogP contribution in [0.25, 0.3) is 0 Å². The number of carbonyl (C=O) groups excluding carboxylic acids is 3. The van der Waals surface area contributed by atoms with Crippen molar-refractivity contribution in [3.63, 3.8) is 0 Å². The van der Waals surface area contributed by atoms with Gasteiger partial charge in [-0.25, -0.2) is 0 Å². The van der Waals surface area contributed by atoms with Crippen LogP contribution in [0.2, 0.25) is 0 Å². The number of anilines is 1. The number of likely N-dealkylation sites (tertiary alicyclic amines) is 1. The van der Waals surface area contributed by atoms with E-state index < -0.39 is 34.2 Å². The highest BCUT2D eigenvalue weighted by molar-refractivity contribution is 8.02. The van der Waals surface area contributed by atoms with Gasteiger partial charge in [-0.15, -0.1) is 24.9 Å². The molecule has 0 aliphatic carbocycles. The van der Waals surface area contributed by atoms with E-state index in [4.69, 9.17) is 4.74 Å². The molecule has 2 unspecified atom stereocenters. The van der Waals surface area contributed by atoms with Gasteiger partial charge >= 0.3 is 0 Å². The van der Waals surface area contributed by atoms with Crippen LogP contribution in [0.5, 0.6) is 5.75 Å². The predicted molar refractivity (Wildman–Crippen MR) is 173 cm³/mol. The van der Waals surface area contributed by atoms with E-state index >= 15 is 0 Å². The van der Waals surface area contributed by atoms with Crippen LogP contribution in [0, 0.1) is 17.8 Å². The molecule has 0 aromatic heterocycles. The molecule has 3 saturated heterocycles. The Labute approximate surface area is 261 Å². The summed E-state index contributed by atoms with van der Waals surface area (Å²) < 4.78 is 4.85. The Morgan fingerprint density at radius 3 is 2.35 bits per heavy atom. The predicted octanol–water partition coefficient (Wildman–Crippen LogP) is 4.92. The van der Waals surface area contributed by atoms with E-state index in [-0.39, 0.29) is 35.5 Å². The number of ether oxygens (including phenoxy) is 1. The maximum atomic E-state index is 14.7. The number of hydrogen-bond donors (Lipinski definition) is 1. The topological polar surface area (TPSA) is 90.4 Å². The monoisotopic (exact) mass is 611 g/mol. The molecule has 0 radical (unpaired) electrons. The first-order chi connectivity index (χ1) is 20.4. The van der Waals surface area contributed by atoms with Gasteiger partial charge in [0.1, 0.15) is 11.8 Å². The molecule has 7 atom stereocenters. The molecule has 1 N–H and O–H groups in total. The first-order valence-corrected chi connectivity index (χ1v) is 16.5. The smallest absolute Gasteiger partial charge is 0.247 e. The van der Waals surface area contributed by atoms with Crippen molar-refractivity contribution in [3.05, 3.63) is 49.6 Å². The quantitative estimate of drug-likeness (QED) is 0.319. The lowest BCUT2D eigenvalue weighted by Crippen LogP contribution is -2.61. The molecule has 2 bridgehead atoms. The number of thioether (sulfide) groups is 1. The molecule has 0 saturated carbocycles. The van der Waals surface area contributed by atoms with Crippen LogP contribution < -0.4 is 9.64 Å². The molecule has 1 aromatic rings. The maximum Gasteiger partial charge on any atom is 0.247 e. The summed E-state index contributed by atoms with van der Waals surface area (Å²) in [5, 5.41) is 10.6. The fraction of sp³-hybridized carbons (Fsp3) is 0.618. The highest BCUT2D eigenvalue weighted by Gasteiger charge is 2.75. The van der Waals surface area contributed by atoms with E-state index in [1.165, 1.54) is 0 Å². The van der Waals surface area contributed by atoms with Crippen LogP contribution >= 0.6 is 11.8 Å². The summed E-state index contributed by atoms with van der Waals surface area (Å²) in [6.45, 7) is 20.6. The zero-order valence-corrected chi connectivity index (χ0v) is 27.4. The van der Waals surface area contributed by atoms with Crippen molar-refractivity contribution in [1.82, 2.24) is 9.80 Å². The Hall–Kier alpha value is -2.78. The highest BCUT2D eigenvalue weighted by atomic mass is 32.2. The number of hydrogen-bond acceptors (Lipinski definition) is 6. The summed E-state index contributed by atoms with van der Waals surface area (Å²) in [7, 11) is 0. The molecule has 1 aromatic carbocycles. The van der Waals surface area contributed by atoms with Crippen molar-refractivity contribution >= 4 is 35.2 Å². The van der Waals surface area contributed by atoms with Gasteiger partial charge in [0.25, 0.3) is 0 Å². The zero-order chi connectivity index (χ0) is 31.7. The lowest BCUT2D eigenvalue weighted by molar-refractivity contribution is -0.149. The molecule has 43 heavy (non-hydrogen) atoms. The largest absolute Gasteiger partial charge is 0.494 e. The zero-order valence-electron chi connectivity index (χ0n) is 26.6. The number of aliphatic hydroxyl groups excluding tert-OH is 1. The lowest BCUT2D eigenvalue weighted by atomic mass is 9.70. The van der Waals surface area contributed by atoms with E-state index in [0.717, 1.165) is 18.6 Å². The van der Waals surface area contributed by atoms with Gasteiger partial charge in [0.2, 0.25) is 17.7 Å². The third-order valence-electron chi connectivity index (χ3n) is 9.53. The van der Waals surface area contributed by atoms with Crippen LogP contribution in [-0.2, 0) is 14.4 Å². The van der Waals surface area contributed by atoms with Gasteiger partial charge < -0.3 is 24.5 Å². The number of fused-ring (bicyclic) bond motifs is 1. The van der Waals surface area contributed by atoms with Gasteiger partial charge in [0, 0.05) is 29.6 Å². The minimum Gasteiger partial charge on any atom is -0.494 e. The summed E-state index contributed by atoms with van der Waals surface area (Å²) in [4.78, 5) is 49.1. The highest BCUT2D eigenvalue weighted by Crippen LogP contribution is 2.67. The van der Waals surface area contributed by atoms with Gasteiger partial charge in [-0.05, 0) is 70.7 Å². The number of benzene rings is 1. The van der Waals surface area contributed by atoms with E-state index in [1.807, 2.05) is 65.8 Å². The number of aliphatic hydroxyl groups is 1. The standard InChI is InChI=1S/C34H49N3O5S/c1-9-19-35(23-13-15-24(16-14-23)42-12-4)30(39)27-26-17-18-34(43-26)28(27)31(40)37(25(21-38)22(5)11-3)29(34)32(41)36(20-10-2)33(6,7)8/h9-10,13-16,22,25-29,38H,1-2,11-12,17-21H2,3-8H3/t22-,25-,26-,27+,28-,29?,34?/m0/s1. The average Bonchev–Trinajstić information content (AvgIpc) is 3.62. The molecule has 4 rings (SSSR count). The number of nitrogens with zero attached hydrogens (tertiary/aromatic N) is 3. The van der Waals surface area contributed by atoms with Gasteiger partial charge in [-0.3, -0.25) is 14.4 Å². The number of carbonyl (C=O) groups is 3. The second-order valence-electron chi connectivity index (χ2n) is 13.0. The van der Waals surface area contributed by atoms with E-state index in [9.17, 15) is 19.5 Å². The van der Waals surface area contributed by atoms with E-state index in [1.54, 1.807) is 38.6 Å². The first kappa shape index (κ1) is 33.1. The second kappa shape index (κ2) is 13.1. The third kappa shape index (κ3) is 5.75. The van der Waals surface area contributed by atoms with E-state index in [0.29, 0.717) is 31.8 Å². The Kier molecular flexibility index (Phi) is 10.1. The van der Waals surface area contributed by atoms with Gasteiger partial charge in [0.15, 0.2) is 0 Å². The Bertz CT molecular complexity index is 1210. The van der Waals surface area contributed by atoms with Gasteiger partial charge in [0.05, 0.1) is 35.8 Å². The number of rotatable bonds is 13. The van der Waals surface area contributed by atoms with Crippen molar-refractivity contribution < 1.29 is 24.2 Å². The van der Waals surface area contributed by atoms with E-state index in [2.05, 4.69) is 13.2 Å². The van der Waals surface area contributed by atoms with Crippen LogP contribution in [0.1, 0.15) is 60.8 Å². The Balaban J connectivity index is 1.80. The molecular weight excluding hydrogens is 562 g/mol. The molecule has 9 heteroatoms. The average molecular weight is 612 g/mol. The molecule has 3 amide bonds. The van der Waals surface area contributed by atoms with Crippen molar-refractivity contribution in [1.29, 1.82) is 0 Å². The van der Waals surface area contributed by atoms with Crippen LogP contribution in [0.15, 0.2) is 49.6 Å². The van der Waals surface area contributed by atoms with Crippen LogP contribution in [0.3, 0.4) is 0 Å². The first-order valence-electron chi connectivity index (χ1n) is 15.6. The van der Waals surface area contributed by atoms with Crippen LogP contribution in [-0.4, -0.2) is 86.6 Å². The van der Waals surface area contributed by atoms with Gasteiger partial charge in [-0.1, -0.05) is 32.4 Å². The molecular formula is C34H49N3O5S. The minimum atomic E-state index is -0.776. The second-order valence-corrected chi connectivity index (χ2v) is 14.6. The summed E-state index contributed by atoms with van der Waals surface area (Å²) in [5.41, 5.74) is 0.202. The molecule has 236 valence electrons. The van der Waals surface area contributed by atoms with Crippen molar-refractivity contribution in [2.45, 2.75) is 88.4 Å². The molecule has 3 aliphatic heterocycles. The third-order valence-corrected chi connectivity index (χ3v) is 11.5. The molecule has 3 heterocycles. The Morgan fingerprint density at radius 1 is 1.16 bits per heavy atom. The van der Waals surface area contributed by atoms with Crippen molar-refractivity contribution in [2.24, 2.45) is 17.8 Å². The fourth-order valence-electron chi connectivity index (χ4n) is 7.32. The van der Waals surface area contributed by atoms with Crippen molar-refractivity contribution in [2.75, 3.05) is 31.2 Å². The molecule has 3 aliphatic rings. The van der Waals surface area contributed by atoms with Crippen molar-refractivity contribution in [3.8, 4) is 5.75 Å². The Morgan fingerprint density at radius 2 is 1.81 bits per heavy atom. The SMILES string of the molecule is C=CCN(C(=O)[C@@H]1[C@@H]2CCC3(S2)C(C(=O)N(CC=C)C(C)(C)C)N([C@@H](CO)[C@@H](C)CC)C(=O)[C@H]13)c1ccc(OCC)cc1. The van der Waals surface area contributed by atoms with Gasteiger partial charge in [-0.2, -0.15) is 0 Å². The summed E-state index contributed by atoms with van der Waals surface area (Å²) in [6.07, 6.45) is 5.57. The molecule has 8 nitrogen and oxygen atoms in total. The fourth-order valence-corrected chi connectivity index (χ4v) is 9.51. The maximum absolute atomic E-state index is 14.7. The molecule has 1 spiro atoms. The summed E-state index contributed by atoms with van der Waals surface area (Å²) in [6, 6.07) is 6.10.